The second-order valence-electron chi connectivity index (χ2n) is 3.18. The Morgan fingerprint density at radius 2 is 2.36 bits per heavy atom. The van der Waals surface area contributed by atoms with E-state index in [0.717, 1.165) is 17.8 Å². The lowest BCUT2D eigenvalue weighted by molar-refractivity contribution is 0.224. The zero-order chi connectivity index (χ0) is 9.97. The lowest BCUT2D eigenvalue weighted by Gasteiger charge is -2.19. The third kappa shape index (κ3) is 1.95. The lowest BCUT2D eigenvalue weighted by atomic mass is 10.0. The van der Waals surface area contributed by atoms with E-state index in [1.54, 1.807) is 6.07 Å². The molecule has 14 heavy (non-hydrogen) atoms. The van der Waals surface area contributed by atoms with Crippen molar-refractivity contribution >= 4 is 17.2 Å². The molecule has 2 N–H and O–H groups in total. The van der Waals surface area contributed by atoms with Gasteiger partial charge >= 0.3 is 0 Å². The number of rotatable bonds is 1. The van der Waals surface area contributed by atoms with Gasteiger partial charge in [0.1, 0.15) is 5.15 Å². The number of nitrogens with zero attached hydrogens (tertiary/aromatic N) is 1. The topological polar surface area (TPSA) is 45.1 Å². The van der Waals surface area contributed by atoms with Crippen LogP contribution in [0.3, 0.4) is 0 Å². The second-order valence-corrected chi connectivity index (χ2v) is 3.57. The van der Waals surface area contributed by atoms with Gasteiger partial charge < -0.3 is 10.4 Å². The second kappa shape index (κ2) is 4.09. The van der Waals surface area contributed by atoms with Gasteiger partial charge in [0.2, 0.25) is 0 Å². The molecule has 0 aliphatic carbocycles. The van der Waals surface area contributed by atoms with Crippen molar-refractivity contribution in [3.05, 3.63) is 35.1 Å². The van der Waals surface area contributed by atoms with E-state index in [0.29, 0.717) is 11.7 Å². The number of β-amino-alcohol motifs (C(OH)–C–C–N with tert-alkyl or cyclic N) is 1. The molecule has 1 aromatic heterocycles. The van der Waals surface area contributed by atoms with Gasteiger partial charge in [0.15, 0.2) is 0 Å². The number of nitrogens with one attached hydrogen (secondary N) is 1. The number of aliphatic hydroxyl groups is 1. The van der Waals surface area contributed by atoms with Crippen LogP contribution in [0.25, 0.3) is 5.57 Å². The van der Waals surface area contributed by atoms with Crippen LogP contribution in [0.15, 0.2) is 24.3 Å². The van der Waals surface area contributed by atoms with E-state index in [2.05, 4.69) is 10.3 Å². The molecule has 1 aliphatic rings. The molecule has 0 aromatic carbocycles. The van der Waals surface area contributed by atoms with Crippen LogP contribution in [-0.4, -0.2) is 29.3 Å². The predicted octanol–water partition coefficient (Wildman–Crippen LogP) is 1.08. The van der Waals surface area contributed by atoms with Crippen LogP contribution in [0.5, 0.6) is 0 Å². The molecule has 0 unspecified atom stereocenters. The Balaban J connectivity index is 2.34. The van der Waals surface area contributed by atoms with E-state index in [1.807, 2.05) is 18.2 Å². The number of aliphatic hydroxyl groups excluding tert-OH is 1. The summed E-state index contributed by atoms with van der Waals surface area (Å²) < 4.78 is 0. The SMILES string of the molecule is O[C@H]1CNCC=C1c1cccc(Cl)n1. The van der Waals surface area contributed by atoms with Gasteiger partial charge in [0.05, 0.1) is 11.8 Å². The Kier molecular flexibility index (Phi) is 2.82. The first kappa shape index (κ1) is 9.65. The van der Waals surface area contributed by atoms with E-state index in [1.165, 1.54) is 0 Å². The first-order chi connectivity index (χ1) is 6.77. The van der Waals surface area contributed by atoms with Gasteiger partial charge in [0.25, 0.3) is 0 Å². The summed E-state index contributed by atoms with van der Waals surface area (Å²) in [7, 11) is 0. The van der Waals surface area contributed by atoms with Crippen molar-refractivity contribution in [2.75, 3.05) is 13.1 Å². The molecule has 0 saturated heterocycles. The molecule has 74 valence electrons. The van der Waals surface area contributed by atoms with Gasteiger partial charge in [-0.05, 0) is 12.1 Å². The van der Waals surface area contributed by atoms with Crippen molar-refractivity contribution in [2.24, 2.45) is 0 Å². The van der Waals surface area contributed by atoms with Crippen LogP contribution in [-0.2, 0) is 0 Å². The third-order valence-electron chi connectivity index (χ3n) is 2.17. The highest BCUT2D eigenvalue weighted by molar-refractivity contribution is 6.29. The van der Waals surface area contributed by atoms with Crippen molar-refractivity contribution in [1.82, 2.24) is 10.3 Å². The Bertz CT molecular complexity index is 365. The van der Waals surface area contributed by atoms with Crippen molar-refractivity contribution in [2.45, 2.75) is 6.10 Å². The van der Waals surface area contributed by atoms with Crippen LogP contribution in [0.2, 0.25) is 5.15 Å². The number of hydrogen-bond acceptors (Lipinski definition) is 3. The van der Waals surface area contributed by atoms with Crippen molar-refractivity contribution in [1.29, 1.82) is 0 Å². The summed E-state index contributed by atoms with van der Waals surface area (Å²) in [5.41, 5.74) is 1.61. The van der Waals surface area contributed by atoms with E-state index < -0.39 is 6.10 Å². The summed E-state index contributed by atoms with van der Waals surface area (Å²) in [5.74, 6) is 0. The lowest BCUT2D eigenvalue weighted by Crippen LogP contribution is -2.32. The molecule has 1 aromatic rings. The molecule has 0 spiro atoms. The quantitative estimate of drug-likeness (QED) is 0.682. The molecule has 4 heteroatoms. The van der Waals surface area contributed by atoms with Gasteiger partial charge in [-0.15, -0.1) is 0 Å². The maximum atomic E-state index is 9.70. The molecule has 0 saturated carbocycles. The first-order valence-corrected chi connectivity index (χ1v) is 4.87. The molecule has 0 bridgehead atoms. The normalized spacial score (nSPS) is 21.9. The van der Waals surface area contributed by atoms with Gasteiger partial charge in [-0.25, -0.2) is 4.98 Å². The maximum Gasteiger partial charge on any atom is 0.129 e. The van der Waals surface area contributed by atoms with E-state index in [4.69, 9.17) is 11.6 Å². The first-order valence-electron chi connectivity index (χ1n) is 4.49. The molecular weight excluding hydrogens is 200 g/mol. The molecule has 0 amide bonds. The standard InChI is InChI=1S/C10H11ClN2O/c11-10-3-1-2-8(13-10)7-4-5-12-6-9(7)14/h1-4,9,12,14H,5-6H2/t9-/m0/s1. The highest BCUT2D eigenvalue weighted by Crippen LogP contribution is 2.19. The zero-order valence-electron chi connectivity index (χ0n) is 7.57. The fraction of sp³-hybridized carbons (Fsp3) is 0.300. The molecule has 3 nitrogen and oxygen atoms in total. The maximum absolute atomic E-state index is 9.70. The minimum atomic E-state index is -0.491. The van der Waals surface area contributed by atoms with E-state index in [9.17, 15) is 5.11 Å². The van der Waals surface area contributed by atoms with Crippen molar-refractivity contribution in [3.63, 3.8) is 0 Å². The van der Waals surface area contributed by atoms with Gasteiger partial charge in [0, 0.05) is 18.7 Å². The van der Waals surface area contributed by atoms with Crippen LogP contribution in [0, 0.1) is 0 Å². The number of hydrogen-bond donors (Lipinski definition) is 2. The number of aromatic nitrogens is 1. The Morgan fingerprint density at radius 1 is 1.50 bits per heavy atom. The van der Waals surface area contributed by atoms with Crippen LogP contribution in [0.4, 0.5) is 0 Å². The third-order valence-corrected chi connectivity index (χ3v) is 2.38. The van der Waals surface area contributed by atoms with Crippen molar-refractivity contribution < 1.29 is 5.11 Å². The smallest absolute Gasteiger partial charge is 0.129 e. The predicted molar refractivity (Wildman–Crippen MR) is 56.1 cm³/mol. The molecule has 1 aliphatic heterocycles. The van der Waals surface area contributed by atoms with Gasteiger partial charge in [-0.1, -0.05) is 23.7 Å². The molecule has 2 rings (SSSR count). The fourth-order valence-corrected chi connectivity index (χ4v) is 1.66. The molecule has 1 atom stereocenters. The van der Waals surface area contributed by atoms with E-state index >= 15 is 0 Å². The van der Waals surface area contributed by atoms with E-state index in [-0.39, 0.29) is 0 Å². The van der Waals surface area contributed by atoms with Crippen LogP contribution >= 0.6 is 11.6 Å². The summed E-state index contributed by atoms with van der Waals surface area (Å²) in [6, 6.07) is 5.41. The zero-order valence-corrected chi connectivity index (χ0v) is 8.33. The number of pyridine rings is 1. The minimum Gasteiger partial charge on any atom is -0.387 e. The van der Waals surface area contributed by atoms with Crippen molar-refractivity contribution in [3.8, 4) is 0 Å². The van der Waals surface area contributed by atoms with Crippen LogP contribution in [0.1, 0.15) is 5.69 Å². The van der Waals surface area contributed by atoms with Crippen LogP contribution < -0.4 is 5.32 Å². The number of halogens is 1. The molecule has 2 heterocycles. The summed E-state index contributed by atoms with van der Waals surface area (Å²) >= 11 is 5.78. The fourth-order valence-electron chi connectivity index (χ4n) is 1.49. The minimum absolute atomic E-state index is 0.453. The summed E-state index contributed by atoms with van der Waals surface area (Å²) in [6.07, 6.45) is 1.45. The highest BCUT2D eigenvalue weighted by atomic mass is 35.5. The average Bonchev–Trinajstić information content (AvgIpc) is 2.18. The monoisotopic (exact) mass is 210 g/mol. The van der Waals surface area contributed by atoms with Gasteiger partial charge in [-0.3, -0.25) is 0 Å². The molecule has 0 fully saturated rings. The Labute approximate surface area is 87.4 Å². The Hall–Kier alpha value is -0.900. The highest BCUT2D eigenvalue weighted by Gasteiger charge is 2.16. The Morgan fingerprint density at radius 3 is 3.07 bits per heavy atom. The summed E-state index contributed by atoms with van der Waals surface area (Å²) in [4.78, 5) is 4.16. The van der Waals surface area contributed by atoms with Gasteiger partial charge in [-0.2, -0.15) is 0 Å². The summed E-state index contributed by atoms with van der Waals surface area (Å²) in [6.45, 7) is 1.33. The summed E-state index contributed by atoms with van der Waals surface area (Å²) in [5, 5.41) is 13.2. The largest absolute Gasteiger partial charge is 0.387 e. The molecular formula is C10H11ClN2O. The average molecular weight is 211 g/mol. The molecule has 0 radical (unpaired) electrons.